The number of aliphatic carboxylic acids is 1. The number of halogens is 1. The number of carboxylic acid groups (broad SMARTS) is 1. The predicted molar refractivity (Wildman–Crippen MR) is 81.5 cm³/mol. The van der Waals surface area contributed by atoms with Crippen molar-refractivity contribution in [3.8, 4) is 0 Å². The molecule has 3 nitrogen and oxygen atoms in total. The van der Waals surface area contributed by atoms with E-state index in [1.807, 2.05) is 19.1 Å². The zero-order valence-corrected chi connectivity index (χ0v) is 13.3. The Hall–Kier alpha value is -0.870. The second-order valence-electron chi connectivity index (χ2n) is 5.73. The number of nitrogens with one attached hydrogen (secondary N) is 1. The standard InChI is InChI=1S/C15H22BrNO2/c1-11(7-14(18)19)9-17-10-15(2,3)12-5-4-6-13(16)8-12/h4-6,8,11,17H,7,9-10H2,1-3H3,(H,18,19). The summed E-state index contributed by atoms with van der Waals surface area (Å²) in [7, 11) is 0. The molecule has 0 aliphatic heterocycles. The van der Waals surface area contributed by atoms with E-state index in [9.17, 15) is 4.79 Å². The van der Waals surface area contributed by atoms with Crippen LogP contribution < -0.4 is 5.32 Å². The third kappa shape index (κ3) is 5.74. The van der Waals surface area contributed by atoms with E-state index in [4.69, 9.17) is 5.11 Å². The van der Waals surface area contributed by atoms with Crippen LogP contribution in [0.2, 0.25) is 0 Å². The molecule has 1 unspecified atom stereocenters. The van der Waals surface area contributed by atoms with Gasteiger partial charge in [-0.25, -0.2) is 0 Å². The van der Waals surface area contributed by atoms with E-state index in [1.165, 1.54) is 5.56 Å². The molecule has 0 fully saturated rings. The molecule has 0 heterocycles. The van der Waals surface area contributed by atoms with Gasteiger partial charge in [-0.05, 0) is 30.2 Å². The van der Waals surface area contributed by atoms with Crippen molar-refractivity contribution in [3.63, 3.8) is 0 Å². The van der Waals surface area contributed by atoms with Crippen molar-refractivity contribution in [1.29, 1.82) is 0 Å². The summed E-state index contributed by atoms with van der Waals surface area (Å²) in [6.45, 7) is 7.87. The SMILES string of the molecule is CC(CNCC(C)(C)c1cccc(Br)c1)CC(=O)O. The Labute approximate surface area is 123 Å². The fraction of sp³-hybridized carbons (Fsp3) is 0.533. The van der Waals surface area contributed by atoms with E-state index in [1.54, 1.807) is 0 Å². The van der Waals surface area contributed by atoms with Crippen molar-refractivity contribution in [1.82, 2.24) is 5.32 Å². The van der Waals surface area contributed by atoms with Gasteiger partial charge in [-0.1, -0.05) is 48.8 Å². The average molecular weight is 328 g/mol. The number of hydrogen-bond donors (Lipinski definition) is 2. The van der Waals surface area contributed by atoms with Gasteiger partial charge >= 0.3 is 5.97 Å². The van der Waals surface area contributed by atoms with Crippen LogP contribution >= 0.6 is 15.9 Å². The van der Waals surface area contributed by atoms with E-state index in [2.05, 4.69) is 47.2 Å². The van der Waals surface area contributed by atoms with Crippen LogP contribution in [0, 0.1) is 5.92 Å². The Kier molecular flexibility index (Phi) is 6.01. The van der Waals surface area contributed by atoms with Crippen LogP contribution in [0.15, 0.2) is 28.7 Å². The van der Waals surface area contributed by atoms with Crippen molar-refractivity contribution in [2.75, 3.05) is 13.1 Å². The molecule has 0 saturated carbocycles. The topological polar surface area (TPSA) is 49.3 Å². The molecular formula is C15H22BrNO2. The van der Waals surface area contributed by atoms with Gasteiger partial charge in [0.1, 0.15) is 0 Å². The molecule has 19 heavy (non-hydrogen) atoms. The van der Waals surface area contributed by atoms with Gasteiger partial charge in [0, 0.05) is 22.9 Å². The molecule has 0 aliphatic rings. The van der Waals surface area contributed by atoms with Gasteiger partial charge in [0.05, 0.1) is 0 Å². The molecule has 0 aromatic heterocycles. The van der Waals surface area contributed by atoms with Crippen molar-refractivity contribution in [2.24, 2.45) is 5.92 Å². The van der Waals surface area contributed by atoms with Crippen LogP contribution in [0.25, 0.3) is 0 Å². The van der Waals surface area contributed by atoms with Crippen molar-refractivity contribution < 1.29 is 9.90 Å². The number of carbonyl (C=O) groups is 1. The summed E-state index contributed by atoms with van der Waals surface area (Å²) in [5.74, 6) is -0.587. The first kappa shape index (κ1) is 16.2. The van der Waals surface area contributed by atoms with Gasteiger partial charge in [0.15, 0.2) is 0 Å². The first-order valence-electron chi connectivity index (χ1n) is 6.50. The average Bonchev–Trinajstić information content (AvgIpc) is 2.27. The molecule has 106 valence electrons. The minimum atomic E-state index is -0.736. The Morgan fingerprint density at radius 3 is 2.74 bits per heavy atom. The molecular weight excluding hydrogens is 306 g/mol. The molecule has 0 saturated heterocycles. The molecule has 1 rings (SSSR count). The summed E-state index contributed by atoms with van der Waals surface area (Å²) in [6, 6.07) is 8.30. The molecule has 0 radical (unpaired) electrons. The summed E-state index contributed by atoms with van der Waals surface area (Å²) >= 11 is 3.49. The van der Waals surface area contributed by atoms with Gasteiger partial charge < -0.3 is 10.4 Å². The Balaban J connectivity index is 2.49. The first-order valence-corrected chi connectivity index (χ1v) is 7.29. The van der Waals surface area contributed by atoms with Crippen molar-refractivity contribution in [3.05, 3.63) is 34.3 Å². The summed E-state index contributed by atoms with van der Waals surface area (Å²) in [4.78, 5) is 10.6. The van der Waals surface area contributed by atoms with E-state index in [0.717, 1.165) is 17.6 Å². The zero-order valence-electron chi connectivity index (χ0n) is 11.7. The monoisotopic (exact) mass is 327 g/mol. The predicted octanol–water partition coefficient (Wildman–Crippen LogP) is 3.43. The van der Waals surface area contributed by atoms with E-state index < -0.39 is 5.97 Å². The fourth-order valence-corrected chi connectivity index (χ4v) is 2.41. The molecule has 1 aromatic rings. The highest BCUT2D eigenvalue weighted by Crippen LogP contribution is 2.25. The number of carboxylic acids is 1. The van der Waals surface area contributed by atoms with Gasteiger partial charge in [0.2, 0.25) is 0 Å². The normalized spacial score (nSPS) is 13.3. The molecule has 0 aliphatic carbocycles. The summed E-state index contributed by atoms with van der Waals surface area (Å²) in [6.07, 6.45) is 0.213. The molecule has 2 N–H and O–H groups in total. The second-order valence-corrected chi connectivity index (χ2v) is 6.64. The van der Waals surface area contributed by atoms with Crippen LogP contribution in [0.4, 0.5) is 0 Å². The second kappa shape index (κ2) is 7.06. The van der Waals surface area contributed by atoms with Crippen LogP contribution in [0.3, 0.4) is 0 Å². The van der Waals surface area contributed by atoms with Crippen molar-refractivity contribution >= 4 is 21.9 Å². The Morgan fingerprint density at radius 2 is 2.16 bits per heavy atom. The highest BCUT2D eigenvalue weighted by Gasteiger charge is 2.20. The highest BCUT2D eigenvalue weighted by molar-refractivity contribution is 9.10. The van der Waals surface area contributed by atoms with Crippen LogP contribution in [0.5, 0.6) is 0 Å². The zero-order chi connectivity index (χ0) is 14.5. The third-order valence-corrected chi connectivity index (χ3v) is 3.68. The lowest BCUT2D eigenvalue weighted by Crippen LogP contribution is -2.35. The summed E-state index contributed by atoms with van der Waals surface area (Å²) in [5, 5.41) is 12.1. The van der Waals surface area contributed by atoms with Gasteiger partial charge in [-0.15, -0.1) is 0 Å². The minimum absolute atomic E-state index is 0.0206. The van der Waals surface area contributed by atoms with Gasteiger partial charge in [-0.2, -0.15) is 0 Å². The molecule has 0 spiro atoms. The summed E-state index contributed by atoms with van der Waals surface area (Å²) in [5.41, 5.74) is 1.28. The molecule has 0 amide bonds. The van der Waals surface area contributed by atoms with Crippen molar-refractivity contribution in [2.45, 2.75) is 32.6 Å². The maximum absolute atomic E-state index is 10.6. The lowest BCUT2D eigenvalue weighted by molar-refractivity contribution is -0.137. The highest BCUT2D eigenvalue weighted by atomic mass is 79.9. The molecule has 1 atom stereocenters. The Morgan fingerprint density at radius 1 is 1.47 bits per heavy atom. The van der Waals surface area contributed by atoms with Gasteiger partial charge in [0.25, 0.3) is 0 Å². The first-order chi connectivity index (χ1) is 8.81. The van der Waals surface area contributed by atoms with Crippen LogP contribution in [0.1, 0.15) is 32.8 Å². The lowest BCUT2D eigenvalue weighted by atomic mass is 9.84. The molecule has 4 heteroatoms. The van der Waals surface area contributed by atoms with E-state index >= 15 is 0 Å². The summed E-state index contributed by atoms with van der Waals surface area (Å²) < 4.78 is 1.08. The number of rotatable bonds is 7. The molecule has 1 aromatic carbocycles. The van der Waals surface area contributed by atoms with E-state index in [0.29, 0.717) is 0 Å². The van der Waals surface area contributed by atoms with Crippen LogP contribution in [-0.4, -0.2) is 24.2 Å². The number of hydrogen-bond acceptors (Lipinski definition) is 2. The maximum atomic E-state index is 10.6. The van der Waals surface area contributed by atoms with Crippen LogP contribution in [-0.2, 0) is 10.2 Å². The largest absolute Gasteiger partial charge is 0.481 e. The lowest BCUT2D eigenvalue weighted by Gasteiger charge is -2.26. The molecule has 0 bridgehead atoms. The van der Waals surface area contributed by atoms with E-state index in [-0.39, 0.29) is 17.8 Å². The third-order valence-electron chi connectivity index (χ3n) is 3.19. The minimum Gasteiger partial charge on any atom is -0.481 e. The van der Waals surface area contributed by atoms with Gasteiger partial charge in [-0.3, -0.25) is 4.79 Å². The number of benzene rings is 1. The fourth-order valence-electron chi connectivity index (χ4n) is 2.01. The smallest absolute Gasteiger partial charge is 0.303 e. The maximum Gasteiger partial charge on any atom is 0.303 e. The quantitative estimate of drug-likeness (QED) is 0.806. The Bertz CT molecular complexity index is 432.